The summed E-state index contributed by atoms with van der Waals surface area (Å²) in [5.74, 6) is 2.83. The Morgan fingerprint density at radius 3 is 1.12 bits per heavy atom. The van der Waals surface area contributed by atoms with Crippen molar-refractivity contribution in [2.75, 3.05) is 0 Å². The molecule has 0 aliphatic carbocycles. The van der Waals surface area contributed by atoms with Crippen LogP contribution < -0.4 is 0 Å². The van der Waals surface area contributed by atoms with Crippen molar-refractivity contribution in [1.82, 2.24) is 116 Å². The van der Waals surface area contributed by atoms with E-state index in [0.29, 0.717) is 11.6 Å². The fraction of sp³-hybridized carbons (Fsp3) is 0.269. The Morgan fingerprint density at radius 1 is 0.306 bits per heavy atom. The second-order valence-electron chi connectivity index (χ2n) is 8.32. The summed E-state index contributed by atoms with van der Waals surface area (Å²) in [6.45, 7) is 12.7. The van der Waals surface area contributed by atoms with Gasteiger partial charge in [-0.3, -0.25) is 0 Å². The molecule has 0 bridgehead atoms. The maximum absolute atomic E-state index is 3.81. The van der Waals surface area contributed by atoms with Crippen LogP contribution in [0.5, 0.6) is 0 Å². The summed E-state index contributed by atoms with van der Waals surface area (Å²) in [5.41, 5.74) is 2.53. The molecule has 0 N–H and O–H groups in total. The van der Waals surface area contributed by atoms with Gasteiger partial charge >= 0.3 is 0 Å². The monoisotopic (exact) mass is 667 g/mol. The van der Waals surface area contributed by atoms with E-state index in [0.717, 1.165) is 28.7 Å². The minimum Gasteiger partial charge on any atom is -0.241 e. The van der Waals surface area contributed by atoms with Crippen LogP contribution in [0.25, 0.3) is 0 Å². The van der Waals surface area contributed by atoms with Crippen molar-refractivity contribution in [3.8, 4) is 0 Å². The highest BCUT2D eigenvalue weighted by Crippen LogP contribution is 1.79. The Morgan fingerprint density at radius 2 is 0.878 bits per heavy atom. The molecule has 0 saturated heterocycles. The molecule has 0 atom stereocenters. The zero-order valence-corrected chi connectivity index (χ0v) is 27.7. The molecule has 0 fully saturated rings. The third-order valence-corrected chi connectivity index (χ3v) is 4.11. The van der Waals surface area contributed by atoms with Gasteiger partial charge < -0.3 is 0 Å². The lowest BCUT2D eigenvalue weighted by atomic mass is 10.6. The largest absolute Gasteiger partial charge is 0.241 e. The van der Waals surface area contributed by atoms with Gasteiger partial charge in [0.1, 0.15) is 55.4 Å². The van der Waals surface area contributed by atoms with Crippen LogP contribution in [0.2, 0.25) is 0 Å². The molecular formula is C26H33N23. The third kappa shape index (κ3) is 25.9. The van der Waals surface area contributed by atoms with Crippen molar-refractivity contribution in [1.29, 1.82) is 0 Å². The summed E-state index contributed by atoms with van der Waals surface area (Å²) in [6, 6.07) is 0. The standard InChI is InChI=1S/5C4H5N3.2C3H4N4/c2*1-4-6-2-5-3-7-4;1-4-2-6-7-3-5-4;1-4-2-5-3-6-7-4;1-4-5-2-3-6-7-4;1-3-6-4-2-5-7-3;1-3-2-4-6-7-5-3/h5*2-3H,1H3;2*2H,1H3. The second-order valence-corrected chi connectivity index (χ2v) is 8.32. The minimum atomic E-state index is 0.600. The van der Waals surface area contributed by atoms with Gasteiger partial charge in [-0.2, -0.15) is 15.3 Å². The van der Waals surface area contributed by atoms with E-state index in [1.54, 1.807) is 44.8 Å². The predicted molar refractivity (Wildman–Crippen MR) is 168 cm³/mol. The molecule has 0 aliphatic heterocycles. The van der Waals surface area contributed by atoms with Gasteiger partial charge in [0.05, 0.1) is 41.9 Å². The fourth-order valence-electron chi connectivity index (χ4n) is 2.03. The van der Waals surface area contributed by atoms with Crippen molar-refractivity contribution < 1.29 is 0 Å². The maximum atomic E-state index is 3.81. The van der Waals surface area contributed by atoms with E-state index in [1.807, 2.05) is 34.6 Å². The van der Waals surface area contributed by atoms with Crippen molar-refractivity contribution in [3.63, 3.8) is 0 Å². The lowest BCUT2D eigenvalue weighted by Crippen LogP contribution is -1.90. The van der Waals surface area contributed by atoms with E-state index in [-0.39, 0.29) is 0 Å². The Labute approximate surface area is 280 Å². The zero-order chi connectivity index (χ0) is 35.8. The Bertz CT molecular complexity index is 1330. The first-order valence-electron chi connectivity index (χ1n) is 13.7. The van der Waals surface area contributed by atoms with Crippen LogP contribution in [0.4, 0.5) is 0 Å². The highest BCUT2D eigenvalue weighted by molar-refractivity contribution is 4.85. The summed E-state index contributed by atoms with van der Waals surface area (Å²) in [7, 11) is 0. The van der Waals surface area contributed by atoms with Gasteiger partial charge in [0.25, 0.3) is 0 Å². The van der Waals surface area contributed by atoms with Gasteiger partial charge in [0.15, 0.2) is 12.2 Å². The van der Waals surface area contributed by atoms with E-state index < -0.39 is 0 Å². The van der Waals surface area contributed by atoms with Crippen molar-refractivity contribution in [2.45, 2.75) is 48.5 Å². The van der Waals surface area contributed by atoms with Crippen LogP contribution in [-0.2, 0) is 0 Å². The van der Waals surface area contributed by atoms with Crippen molar-refractivity contribution in [3.05, 3.63) is 116 Å². The van der Waals surface area contributed by atoms with E-state index in [4.69, 9.17) is 0 Å². The Hall–Kier alpha value is -7.07. The molecule has 7 rings (SSSR count). The summed E-state index contributed by atoms with van der Waals surface area (Å²) in [5, 5.41) is 49.0. The van der Waals surface area contributed by atoms with Crippen LogP contribution >= 0.6 is 0 Å². The molecule has 0 amide bonds. The van der Waals surface area contributed by atoms with Crippen LogP contribution in [0, 0.1) is 48.5 Å². The first-order chi connectivity index (χ1) is 23.8. The summed E-state index contributed by atoms with van der Waals surface area (Å²) >= 11 is 0. The normalized spacial score (nSPS) is 8.71. The summed E-state index contributed by atoms with van der Waals surface area (Å²) in [4.78, 5) is 33.6. The van der Waals surface area contributed by atoms with Gasteiger partial charge in [0.2, 0.25) is 0 Å². The van der Waals surface area contributed by atoms with Gasteiger partial charge in [0, 0.05) is 6.20 Å². The van der Waals surface area contributed by atoms with E-state index in [1.165, 1.54) is 44.3 Å². The lowest BCUT2D eigenvalue weighted by molar-refractivity contribution is 0.742. The number of hydrogen-bond donors (Lipinski definition) is 0. The molecule has 7 heterocycles. The maximum Gasteiger partial charge on any atom is 0.170 e. The summed E-state index contributed by atoms with van der Waals surface area (Å²) in [6.07, 6.45) is 18.0. The van der Waals surface area contributed by atoms with E-state index in [9.17, 15) is 0 Å². The summed E-state index contributed by atoms with van der Waals surface area (Å²) < 4.78 is 0. The molecule has 0 unspecified atom stereocenters. The molecule has 252 valence electrons. The zero-order valence-electron chi connectivity index (χ0n) is 27.7. The van der Waals surface area contributed by atoms with Crippen LogP contribution in [0.3, 0.4) is 0 Å². The number of rotatable bonds is 0. The average molecular weight is 668 g/mol. The first kappa shape index (κ1) is 40.0. The average Bonchev–Trinajstić information content (AvgIpc) is 3.12. The van der Waals surface area contributed by atoms with Crippen LogP contribution in [0.1, 0.15) is 40.4 Å². The molecule has 7 aromatic rings. The van der Waals surface area contributed by atoms with Crippen LogP contribution in [-0.4, -0.2) is 116 Å². The SMILES string of the molecule is Cc1cncnn1.Cc1cnncn1.Cc1cnnnn1.Cc1nccnn1.Cc1ncncn1.Cc1ncncn1.Cc1nncnn1. The lowest BCUT2D eigenvalue weighted by Gasteiger charge is -1.80. The minimum absolute atomic E-state index is 0.600. The van der Waals surface area contributed by atoms with E-state index in [2.05, 4.69) is 116 Å². The fourth-order valence-corrected chi connectivity index (χ4v) is 2.03. The molecular weight excluding hydrogens is 634 g/mol. The molecule has 23 nitrogen and oxygen atoms in total. The van der Waals surface area contributed by atoms with Crippen molar-refractivity contribution >= 4 is 0 Å². The molecule has 0 aromatic carbocycles. The van der Waals surface area contributed by atoms with Gasteiger partial charge in [-0.1, -0.05) is 0 Å². The molecule has 49 heavy (non-hydrogen) atoms. The highest BCUT2D eigenvalue weighted by Gasteiger charge is 1.80. The topological polar surface area (TPSA) is 296 Å². The smallest absolute Gasteiger partial charge is 0.170 e. The molecule has 0 spiro atoms. The third-order valence-electron chi connectivity index (χ3n) is 4.11. The highest BCUT2D eigenvalue weighted by atomic mass is 15.4. The molecule has 7 aromatic heterocycles. The molecule has 0 aliphatic rings. The number of hydrogen-bond acceptors (Lipinski definition) is 23. The number of nitrogens with zero attached hydrogens (tertiary/aromatic N) is 23. The molecule has 0 radical (unpaired) electrons. The van der Waals surface area contributed by atoms with Gasteiger partial charge in [-0.05, 0) is 58.9 Å². The van der Waals surface area contributed by atoms with Gasteiger partial charge in [-0.25, -0.2) is 44.9 Å². The Balaban J connectivity index is 0.000000286. The Kier molecular flexibility index (Phi) is 22.2. The van der Waals surface area contributed by atoms with Gasteiger partial charge in [-0.15, -0.1) is 45.9 Å². The molecule has 23 heteroatoms. The quantitative estimate of drug-likeness (QED) is 0.206. The number of aromatic nitrogens is 23. The first-order valence-corrected chi connectivity index (χ1v) is 13.7. The predicted octanol–water partition coefficient (Wildman–Crippen LogP) is 0.0501. The van der Waals surface area contributed by atoms with E-state index >= 15 is 0 Å². The number of aryl methyl sites for hydroxylation is 7. The molecule has 0 saturated carbocycles. The van der Waals surface area contributed by atoms with Crippen LogP contribution in [0.15, 0.2) is 75.3 Å². The van der Waals surface area contributed by atoms with Crippen molar-refractivity contribution in [2.24, 2.45) is 0 Å². The second kappa shape index (κ2) is 27.3.